The van der Waals surface area contributed by atoms with Crippen molar-refractivity contribution in [3.05, 3.63) is 187 Å². The summed E-state index contributed by atoms with van der Waals surface area (Å²) >= 11 is 0. The summed E-state index contributed by atoms with van der Waals surface area (Å²) in [6.07, 6.45) is 7.81. The summed E-state index contributed by atoms with van der Waals surface area (Å²) in [6.45, 7) is 0. The third-order valence-corrected chi connectivity index (χ3v) is 8.20. The molecular weight excluding hydrogens is 532 g/mol. The topological polar surface area (TPSA) is 24.1 Å². The zero-order valence-electron chi connectivity index (χ0n) is 24.5. The van der Waals surface area contributed by atoms with Gasteiger partial charge in [-0.05, 0) is 76.7 Å². The molecule has 1 aliphatic carbocycles. The van der Waals surface area contributed by atoms with Gasteiger partial charge in [-0.15, -0.1) is 0 Å². The lowest BCUT2D eigenvalue weighted by atomic mass is 9.91. The van der Waals surface area contributed by atoms with Gasteiger partial charge >= 0.3 is 0 Å². The number of anilines is 3. The minimum absolute atomic E-state index is 0.420. The van der Waals surface area contributed by atoms with Gasteiger partial charge in [0.1, 0.15) is 0 Å². The Balaban J connectivity index is 1.18. The van der Waals surface area contributed by atoms with Gasteiger partial charge in [-0.25, -0.2) is 0 Å². The Morgan fingerprint density at radius 2 is 1.09 bits per heavy atom. The maximum Gasteiger partial charge on any atom is 0.0464 e. The number of hydrogen-bond acceptors (Lipinski definition) is 2. The second-order valence-electron chi connectivity index (χ2n) is 11.1. The first-order valence-electron chi connectivity index (χ1n) is 15.2. The third kappa shape index (κ3) is 6.11. The summed E-state index contributed by atoms with van der Waals surface area (Å²) in [5.41, 5.74) is 12.8. The molecule has 0 heterocycles. The Morgan fingerprint density at radius 3 is 1.86 bits per heavy atom. The average molecular weight is 567 g/mol. The summed E-state index contributed by atoms with van der Waals surface area (Å²) in [5, 5.41) is 7.33. The van der Waals surface area contributed by atoms with E-state index in [0.717, 1.165) is 29.2 Å². The predicted molar refractivity (Wildman–Crippen MR) is 187 cm³/mol. The van der Waals surface area contributed by atoms with Crippen molar-refractivity contribution in [1.82, 2.24) is 0 Å². The Morgan fingerprint density at radius 1 is 0.455 bits per heavy atom. The number of rotatable bonds is 8. The molecule has 0 aliphatic heterocycles. The third-order valence-electron chi connectivity index (χ3n) is 8.20. The molecular formula is C42H34N2. The molecule has 0 fully saturated rings. The Hall–Kier alpha value is -5.60. The molecule has 212 valence electrons. The average Bonchev–Trinajstić information content (AvgIpc) is 3.10. The van der Waals surface area contributed by atoms with Gasteiger partial charge in [-0.2, -0.15) is 0 Å². The molecule has 1 aliphatic rings. The van der Waals surface area contributed by atoms with Crippen LogP contribution in [0.3, 0.4) is 0 Å². The van der Waals surface area contributed by atoms with Crippen molar-refractivity contribution in [3.8, 4) is 33.4 Å². The van der Waals surface area contributed by atoms with Gasteiger partial charge in [0.2, 0.25) is 0 Å². The maximum absolute atomic E-state index is 3.71. The highest BCUT2D eigenvalue weighted by Crippen LogP contribution is 2.37. The van der Waals surface area contributed by atoms with Crippen molar-refractivity contribution in [1.29, 1.82) is 0 Å². The van der Waals surface area contributed by atoms with E-state index < -0.39 is 0 Å². The first kappa shape index (κ1) is 27.2. The summed E-state index contributed by atoms with van der Waals surface area (Å²) in [7, 11) is 0. The fourth-order valence-corrected chi connectivity index (χ4v) is 5.89. The highest BCUT2D eigenvalue weighted by Gasteiger charge is 2.14. The monoisotopic (exact) mass is 566 g/mol. The van der Waals surface area contributed by atoms with Crippen molar-refractivity contribution in [2.75, 3.05) is 10.6 Å². The van der Waals surface area contributed by atoms with Crippen molar-refractivity contribution < 1.29 is 0 Å². The van der Waals surface area contributed by atoms with Gasteiger partial charge in [0, 0.05) is 39.8 Å². The van der Waals surface area contributed by atoms with E-state index in [0.29, 0.717) is 5.92 Å². The van der Waals surface area contributed by atoms with E-state index in [1.807, 2.05) is 6.07 Å². The standard InChI is InChI=1S/C42H34N2/c1-4-13-31(14-5-1)32-23-26-38(27-24-32)44-41-22-11-10-21-39(41)36-18-12-17-34(29-36)35-25-28-42(43-37-19-8-3-9-20-37)40(30-35)33-15-6-2-7-16-33/h1-23,25-30,32,43-44H,24H2. The van der Waals surface area contributed by atoms with Crippen molar-refractivity contribution >= 4 is 17.1 Å². The highest BCUT2D eigenvalue weighted by atomic mass is 14.9. The summed E-state index contributed by atoms with van der Waals surface area (Å²) < 4.78 is 0. The first-order valence-corrected chi connectivity index (χ1v) is 15.2. The second kappa shape index (κ2) is 12.7. The van der Waals surface area contributed by atoms with Crippen LogP contribution >= 0.6 is 0 Å². The van der Waals surface area contributed by atoms with Crippen LogP contribution in [0.5, 0.6) is 0 Å². The van der Waals surface area contributed by atoms with Gasteiger partial charge < -0.3 is 10.6 Å². The van der Waals surface area contributed by atoms with Crippen LogP contribution in [-0.4, -0.2) is 0 Å². The lowest BCUT2D eigenvalue weighted by molar-refractivity contribution is 0.846. The molecule has 1 unspecified atom stereocenters. The number of para-hydroxylation sites is 2. The Labute approximate surface area is 260 Å². The predicted octanol–water partition coefficient (Wildman–Crippen LogP) is 11.5. The molecule has 0 spiro atoms. The molecule has 0 bridgehead atoms. The molecule has 0 aromatic heterocycles. The fourth-order valence-electron chi connectivity index (χ4n) is 5.89. The van der Waals surface area contributed by atoms with Crippen LogP contribution in [0.15, 0.2) is 182 Å². The van der Waals surface area contributed by atoms with Gasteiger partial charge in [-0.3, -0.25) is 0 Å². The fraction of sp³-hybridized carbons (Fsp3) is 0.0476. The summed E-state index contributed by atoms with van der Waals surface area (Å²) in [4.78, 5) is 0. The molecule has 44 heavy (non-hydrogen) atoms. The van der Waals surface area contributed by atoms with Crippen molar-refractivity contribution in [2.24, 2.45) is 0 Å². The quantitative estimate of drug-likeness (QED) is 0.191. The molecule has 0 saturated heterocycles. The van der Waals surface area contributed by atoms with Crippen LogP contribution in [0.2, 0.25) is 0 Å². The lowest BCUT2D eigenvalue weighted by Crippen LogP contribution is -2.05. The Kier molecular flexibility index (Phi) is 7.88. The highest BCUT2D eigenvalue weighted by molar-refractivity contribution is 5.87. The molecule has 0 amide bonds. The molecule has 0 saturated carbocycles. The van der Waals surface area contributed by atoms with Crippen LogP contribution in [0.25, 0.3) is 33.4 Å². The number of hydrogen-bond donors (Lipinski definition) is 2. The first-order chi connectivity index (χ1) is 21.8. The van der Waals surface area contributed by atoms with E-state index in [4.69, 9.17) is 0 Å². The van der Waals surface area contributed by atoms with Gasteiger partial charge in [0.15, 0.2) is 0 Å². The van der Waals surface area contributed by atoms with E-state index >= 15 is 0 Å². The molecule has 6 aromatic rings. The number of benzene rings is 6. The number of nitrogens with one attached hydrogen (secondary N) is 2. The normalized spacial score (nSPS) is 14.1. The maximum atomic E-state index is 3.71. The molecule has 2 nitrogen and oxygen atoms in total. The van der Waals surface area contributed by atoms with Crippen LogP contribution in [-0.2, 0) is 0 Å². The van der Waals surface area contributed by atoms with E-state index in [1.165, 1.54) is 38.9 Å². The molecule has 2 heteroatoms. The Bertz CT molecular complexity index is 1920. The van der Waals surface area contributed by atoms with Crippen LogP contribution in [0.1, 0.15) is 17.9 Å². The molecule has 6 aromatic carbocycles. The largest absolute Gasteiger partial charge is 0.355 e. The minimum atomic E-state index is 0.420. The van der Waals surface area contributed by atoms with Gasteiger partial charge in [0.25, 0.3) is 0 Å². The van der Waals surface area contributed by atoms with Crippen molar-refractivity contribution in [2.45, 2.75) is 12.3 Å². The molecule has 1 atom stereocenters. The van der Waals surface area contributed by atoms with E-state index in [1.54, 1.807) is 0 Å². The van der Waals surface area contributed by atoms with Crippen molar-refractivity contribution in [3.63, 3.8) is 0 Å². The summed E-state index contributed by atoms with van der Waals surface area (Å²) in [5.74, 6) is 0.420. The van der Waals surface area contributed by atoms with Crippen LogP contribution in [0.4, 0.5) is 17.1 Å². The van der Waals surface area contributed by atoms with Crippen LogP contribution < -0.4 is 10.6 Å². The minimum Gasteiger partial charge on any atom is -0.355 e. The SMILES string of the molecule is C1=CC(c2ccccc2)CC=C1Nc1ccccc1-c1cccc(-c2ccc(Nc3ccccc3)c(-c3ccccc3)c2)c1. The van der Waals surface area contributed by atoms with E-state index in [2.05, 4.69) is 181 Å². The number of allylic oxidation sites excluding steroid dienone is 3. The van der Waals surface area contributed by atoms with E-state index in [9.17, 15) is 0 Å². The molecule has 0 radical (unpaired) electrons. The molecule has 7 rings (SSSR count). The van der Waals surface area contributed by atoms with Crippen LogP contribution in [0, 0.1) is 0 Å². The second-order valence-corrected chi connectivity index (χ2v) is 11.1. The van der Waals surface area contributed by atoms with Gasteiger partial charge in [-0.1, -0.05) is 133 Å². The molecule has 2 N–H and O–H groups in total. The smallest absolute Gasteiger partial charge is 0.0464 e. The lowest BCUT2D eigenvalue weighted by Gasteiger charge is -2.19. The van der Waals surface area contributed by atoms with Gasteiger partial charge in [0.05, 0.1) is 0 Å². The summed E-state index contributed by atoms with van der Waals surface area (Å²) in [6, 6.07) is 55.8. The van der Waals surface area contributed by atoms with E-state index in [-0.39, 0.29) is 0 Å². The zero-order valence-corrected chi connectivity index (χ0v) is 24.5. The zero-order chi connectivity index (χ0) is 29.6.